The van der Waals surface area contributed by atoms with E-state index >= 15 is 0 Å². The molecular weight excluding hydrogens is 346 g/mol. The van der Waals surface area contributed by atoms with Crippen LogP contribution in [0.15, 0.2) is 42.7 Å². The van der Waals surface area contributed by atoms with E-state index < -0.39 is 0 Å². The Morgan fingerprint density at radius 1 is 1.00 bits per heavy atom. The van der Waals surface area contributed by atoms with Crippen LogP contribution in [0.3, 0.4) is 0 Å². The number of nitrogens with one attached hydrogen (secondary N) is 2. The van der Waals surface area contributed by atoms with Crippen molar-refractivity contribution < 1.29 is 0 Å². The van der Waals surface area contributed by atoms with Crippen LogP contribution in [0.2, 0.25) is 0 Å². The van der Waals surface area contributed by atoms with Crippen LogP contribution in [0, 0.1) is 20.8 Å². The highest BCUT2D eigenvalue weighted by Gasteiger charge is 2.18. The second-order valence-corrected chi connectivity index (χ2v) is 7.88. The van der Waals surface area contributed by atoms with Gasteiger partial charge in [-0.3, -0.25) is 9.67 Å². The average molecular weight is 371 g/mol. The van der Waals surface area contributed by atoms with Gasteiger partial charge in [0.15, 0.2) is 0 Å². The van der Waals surface area contributed by atoms with Crippen molar-refractivity contribution >= 4 is 10.9 Å². The van der Waals surface area contributed by atoms with Crippen molar-refractivity contribution in [3.05, 3.63) is 59.7 Å². The fourth-order valence-electron chi connectivity index (χ4n) is 4.34. The molecule has 4 aromatic rings. The number of aryl methyl sites for hydroxylation is 3. The number of aromatic nitrogens is 4. The Kier molecular flexibility index (Phi) is 4.05. The minimum absolute atomic E-state index is 0.468. The van der Waals surface area contributed by atoms with Gasteiger partial charge in [-0.15, -0.1) is 0 Å². The third-order valence-corrected chi connectivity index (χ3v) is 5.77. The molecule has 0 radical (unpaired) electrons. The molecule has 5 heteroatoms. The normalized spacial score (nSPS) is 16.9. The Morgan fingerprint density at radius 3 is 2.57 bits per heavy atom. The van der Waals surface area contributed by atoms with Crippen molar-refractivity contribution in [2.75, 3.05) is 13.1 Å². The molecule has 0 bridgehead atoms. The van der Waals surface area contributed by atoms with Crippen LogP contribution in [0.25, 0.3) is 33.3 Å². The van der Waals surface area contributed by atoms with Crippen LogP contribution in [-0.4, -0.2) is 32.8 Å². The standard InChI is InChI=1S/C23H25N5/c1-14-8-18(9-15(2)26-14)23-16(3)21-5-4-17(10-22(21)27-23)19-11-25-28(13-19)20-6-7-24-12-20/h4-5,8-11,13,20,24,27H,6-7,12H2,1-3H3. The zero-order valence-corrected chi connectivity index (χ0v) is 16.6. The van der Waals surface area contributed by atoms with E-state index in [2.05, 4.69) is 68.5 Å². The van der Waals surface area contributed by atoms with E-state index in [1.54, 1.807) is 0 Å². The fourth-order valence-corrected chi connectivity index (χ4v) is 4.34. The van der Waals surface area contributed by atoms with Crippen LogP contribution in [0.4, 0.5) is 0 Å². The summed E-state index contributed by atoms with van der Waals surface area (Å²) in [4.78, 5) is 8.15. The second kappa shape index (κ2) is 6.60. The number of fused-ring (bicyclic) bond motifs is 1. The lowest BCUT2D eigenvalue weighted by atomic mass is 10.0. The lowest BCUT2D eigenvalue weighted by molar-refractivity contribution is 0.491. The summed E-state index contributed by atoms with van der Waals surface area (Å²) >= 11 is 0. The first-order valence-electron chi connectivity index (χ1n) is 9.92. The van der Waals surface area contributed by atoms with E-state index in [1.165, 1.54) is 33.3 Å². The summed E-state index contributed by atoms with van der Waals surface area (Å²) < 4.78 is 2.10. The molecule has 1 aromatic carbocycles. The van der Waals surface area contributed by atoms with Gasteiger partial charge in [0.05, 0.1) is 12.2 Å². The van der Waals surface area contributed by atoms with Crippen LogP contribution in [-0.2, 0) is 0 Å². The summed E-state index contributed by atoms with van der Waals surface area (Å²) in [7, 11) is 0. The van der Waals surface area contributed by atoms with Crippen molar-refractivity contribution in [3.8, 4) is 22.4 Å². The summed E-state index contributed by atoms with van der Waals surface area (Å²) in [6, 6.07) is 11.4. The summed E-state index contributed by atoms with van der Waals surface area (Å²) in [6.45, 7) is 8.35. The van der Waals surface area contributed by atoms with E-state index in [4.69, 9.17) is 0 Å². The van der Waals surface area contributed by atoms with Gasteiger partial charge in [0, 0.05) is 51.9 Å². The van der Waals surface area contributed by atoms with E-state index in [1.807, 2.05) is 20.0 Å². The summed E-state index contributed by atoms with van der Waals surface area (Å²) in [5.41, 5.74) is 9.25. The molecule has 28 heavy (non-hydrogen) atoms. The molecule has 142 valence electrons. The summed E-state index contributed by atoms with van der Waals surface area (Å²) in [5, 5.41) is 9.27. The Morgan fingerprint density at radius 2 is 1.82 bits per heavy atom. The smallest absolute Gasteiger partial charge is 0.0655 e. The molecule has 5 nitrogen and oxygen atoms in total. The van der Waals surface area contributed by atoms with Crippen molar-refractivity contribution in [2.45, 2.75) is 33.2 Å². The van der Waals surface area contributed by atoms with Gasteiger partial charge in [-0.05, 0) is 63.1 Å². The van der Waals surface area contributed by atoms with Crippen molar-refractivity contribution in [1.82, 2.24) is 25.1 Å². The van der Waals surface area contributed by atoms with Crippen molar-refractivity contribution in [3.63, 3.8) is 0 Å². The van der Waals surface area contributed by atoms with Gasteiger partial charge in [0.25, 0.3) is 0 Å². The van der Waals surface area contributed by atoms with Gasteiger partial charge in [-0.1, -0.05) is 12.1 Å². The molecule has 1 unspecified atom stereocenters. The molecule has 1 fully saturated rings. The van der Waals surface area contributed by atoms with E-state index in [0.717, 1.165) is 36.4 Å². The van der Waals surface area contributed by atoms with Crippen LogP contribution < -0.4 is 5.32 Å². The molecular formula is C23H25N5. The third kappa shape index (κ3) is 2.92. The van der Waals surface area contributed by atoms with E-state index in [-0.39, 0.29) is 0 Å². The first-order valence-corrected chi connectivity index (χ1v) is 9.92. The predicted octanol–water partition coefficient (Wildman–Crippen LogP) is 4.55. The highest BCUT2D eigenvalue weighted by Crippen LogP contribution is 2.33. The van der Waals surface area contributed by atoms with Crippen LogP contribution >= 0.6 is 0 Å². The Labute approximate surface area is 164 Å². The highest BCUT2D eigenvalue weighted by molar-refractivity contribution is 5.93. The molecule has 4 heterocycles. The average Bonchev–Trinajstić information content (AvgIpc) is 3.40. The van der Waals surface area contributed by atoms with E-state index in [0.29, 0.717) is 6.04 Å². The first-order chi connectivity index (χ1) is 13.6. The number of pyridine rings is 1. The van der Waals surface area contributed by atoms with Gasteiger partial charge in [0.1, 0.15) is 0 Å². The maximum atomic E-state index is 4.60. The Balaban J connectivity index is 1.55. The number of benzene rings is 1. The lowest BCUT2D eigenvalue weighted by Crippen LogP contribution is -2.13. The zero-order valence-electron chi connectivity index (χ0n) is 16.6. The van der Waals surface area contributed by atoms with Gasteiger partial charge in [-0.2, -0.15) is 5.10 Å². The summed E-state index contributed by atoms with van der Waals surface area (Å²) in [6.07, 6.45) is 5.29. The SMILES string of the molecule is Cc1cc(-c2[nH]c3cc(-c4cnn(C5CCNC5)c4)ccc3c2C)cc(C)n1. The quantitative estimate of drug-likeness (QED) is 0.555. The van der Waals surface area contributed by atoms with Gasteiger partial charge < -0.3 is 10.3 Å². The number of nitrogens with zero attached hydrogens (tertiary/aromatic N) is 3. The second-order valence-electron chi connectivity index (χ2n) is 7.88. The molecule has 0 spiro atoms. The number of hydrogen-bond donors (Lipinski definition) is 2. The van der Waals surface area contributed by atoms with Gasteiger partial charge in [0.2, 0.25) is 0 Å². The molecule has 0 saturated carbocycles. The highest BCUT2D eigenvalue weighted by atomic mass is 15.3. The predicted molar refractivity (Wildman–Crippen MR) is 113 cm³/mol. The van der Waals surface area contributed by atoms with Crippen LogP contribution in [0.1, 0.15) is 29.4 Å². The molecule has 1 aliphatic heterocycles. The molecule has 1 atom stereocenters. The third-order valence-electron chi connectivity index (χ3n) is 5.77. The largest absolute Gasteiger partial charge is 0.354 e. The molecule has 0 amide bonds. The molecule has 1 saturated heterocycles. The maximum Gasteiger partial charge on any atom is 0.0655 e. The van der Waals surface area contributed by atoms with E-state index in [9.17, 15) is 0 Å². The summed E-state index contributed by atoms with van der Waals surface area (Å²) in [5.74, 6) is 0. The van der Waals surface area contributed by atoms with Crippen LogP contribution in [0.5, 0.6) is 0 Å². The molecule has 1 aliphatic rings. The number of H-pyrrole nitrogens is 1. The molecule has 0 aliphatic carbocycles. The molecule has 5 rings (SSSR count). The monoisotopic (exact) mass is 371 g/mol. The minimum Gasteiger partial charge on any atom is -0.354 e. The van der Waals surface area contributed by atoms with Crippen molar-refractivity contribution in [1.29, 1.82) is 0 Å². The van der Waals surface area contributed by atoms with Gasteiger partial charge >= 0.3 is 0 Å². The molecule has 2 N–H and O–H groups in total. The lowest BCUT2D eigenvalue weighted by Gasteiger charge is -2.07. The number of hydrogen-bond acceptors (Lipinski definition) is 3. The first kappa shape index (κ1) is 17.2. The topological polar surface area (TPSA) is 58.5 Å². The fraction of sp³-hybridized carbons (Fsp3) is 0.304. The number of rotatable bonds is 3. The van der Waals surface area contributed by atoms with Crippen molar-refractivity contribution in [2.24, 2.45) is 0 Å². The zero-order chi connectivity index (χ0) is 19.3. The van der Waals surface area contributed by atoms with Gasteiger partial charge in [-0.25, -0.2) is 0 Å². The number of aromatic amines is 1. The Hall–Kier alpha value is -2.92. The maximum absolute atomic E-state index is 4.60. The Bertz CT molecular complexity index is 1140. The minimum atomic E-state index is 0.468. The molecule has 3 aromatic heterocycles.